The Morgan fingerprint density at radius 3 is 2.80 bits per heavy atom. The molecule has 0 saturated heterocycles. The van der Waals surface area contributed by atoms with Gasteiger partial charge in [-0.3, -0.25) is 0 Å². The highest BCUT2D eigenvalue weighted by Gasteiger charge is 2.25. The molecule has 4 N–H and O–H groups in total. The summed E-state index contributed by atoms with van der Waals surface area (Å²) in [5, 5.41) is 12.6. The molecule has 0 amide bonds. The van der Waals surface area contributed by atoms with Gasteiger partial charge in [0.1, 0.15) is 0 Å². The third kappa shape index (κ3) is 4.07. The number of aliphatic hydroxyl groups is 1. The monoisotopic (exact) mass is 216 g/mol. The van der Waals surface area contributed by atoms with E-state index < -0.39 is 0 Å². The lowest BCUT2D eigenvalue weighted by Crippen LogP contribution is -2.49. The molecule has 15 heavy (non-hydrogen) atoms. The summed E-state index contributed by atoms with van der Waals surface area (Å²) in [6.45, 7) is 1.43. The van der Waals surface area contributed by atoms with Crippen LogP contribution >= 0.6 is 0 Å². The molecule has 0 aromatic carbocycles. The van der Waals surface area contributed by atoms with E-state index in [4.69, 9.17) is 10.5 Å². The van der Waals surface area contributed by atoms with Crippen molar-refractivity contribution in [2.24, 2.45) is 11.7 Å². The zero-order chi connectivity index (χ0) is 11.1. The molecule has 3 unspecified atom stereocenters. The summed E-state index contributed by atoms with van der Waals surface area (Å²) in [5.74, 6) is 0.560. The molecule has 0 aromatic rings. The molecular formula is C11H24N2O2. The lowest BCUT2D eigenvalue weighted by atomic mass is 9.84. The highest BCUT2D eigenvalue weighted by atomic mass is 16.5. The number of aliphatic hydroxyl groups excluding tert-OH is 1. The van der Waals surface area contributed by atoms with E-state index in [0.29, 0.717) is 18.6 Å². The summed E-state index contributed by atoms with van der Waals surface area (Å²) < 4.78 is 5.05. The molecular weight excluding hydrogens is 192 g/mol. The first-order valence-electron chi connectivity index (χ1n) is 5.87. The second-order valence-electron chi connectivity index (χ2n) is 4.39. The van der Waals surface area contributed by atoms with E-state index in [1.165, 1.54) is 25.7 Å². The average Bonchev–Trinajstić information content (AvgIpc) is 2.29. The van der Waals surface area contributed by atoms with Gasteiger partial charge in [0.15, 0.2) is 0 Å². The van der Waals surface area contributed by atoms with Gasteiger partial charge in [0, 0.05) is 13.2 Å². The van der Waals surface area contributed by atoms with Crippen molar-refractivity contribution in [2.45, 2.75) is 37.8 Å². The summed E-state index contributed by atoms with van der Waals surface area (Å²) in [5.41, 5.74) is 5.75. The number of nitrogens with one attached hydrogen (secondary N) is 1. The quantitative estimate of drug-likeness (QED) is 0.589. The highest BCUT2D eigenvalue weighted by Crippen LogP contribution is 2.23. The molecule has 0 bridgehead atoms. The first-order valence-corrected chi connectivity index (χ1v) is 5.87. The van der Waals surface area contributed by atoms with Crippen LogP contribution in [0.15, 0.2) is 0 Å². The van der Waals surface area contributed by atoms with Gasteiger partial charge in [0.05, 0.1) is 19.3 Å². The van der Waals surface area contributed by atoms with Crippen LogP contribution in [0.5, 0.6) is 0 Å². The molecule has 4 heteroatoms. The van der Waals surface area contributed by atoms with Gasteiger partial charge in [0.25, 0.3) is 0 Å². The number of nitrogens with two attached hydrogens (primary N) is 1. The molecule has 1 aliphatic rings. The smallest absolute Gasteiger partial charge is 0.0638 e. The van der Waals surface area contributed by atoms with Crippen molar-refractivity contribution in [1.29, 1.82) is 0 Å². The van der Waals surface area contributed by atoms with Crippen LogP contribution in [0.1, 0.15) is 25.7 Å². The Hall–Kier alpha value is -0.160. The number of hydrogen-bond donors (Lipinski definition) is 3. The Bertz CT molecular complexity index is 167. The van der Waals surface area contributed by atoms with E-state index >= 15 is 0 Å². The summed E-state index contributed by atoms with van der Waals surface area (Å²) in [4.78, 5) is 0. The topological polar surface area (TPSA) is 67.5 Å². The zero-order valence-corrected chi connectivity index (χ0v) is 9.61. The molecule has 0 aromatic heterocycles. The van der Waals surface area contributed by atoms with Crippen LogP contribution in [-0.4, -0.2) is 44.1 Å². The molecule has 4 nitrogen and oxygen atoms in total. The molecule has 1 aliphatic carbocycles. The molecule has 1 saturated carbocycles. The Morgan fingerprint density at radius 1 is 1.47 bits per heavy atom. The van der Waals surface area contributed by atoms with Crippen molar-refractivity contribution in [3.63, 3.8) is 0 Å². The Kier molecular flexibility index (Phi) is 6.17. The second kappa shape index (κ2) is 7.17. The first-order chi connectivity index (χ1) is 7.31. The van der Waals surface area contributed by atoms with Crippen LogP contribution in [0, 0.1) is 5.92 Å². The maximum absolute atomic E-state index is 9.17. The highest BCUT2D eigenvalue weighted by molar-refractivity contribution is 4.84. The molecule has 3 atom stereocenters. The molecule has 1 fully saturated rings. The molecule has 1 rings (SSSR count). The van der Waals surface area contributed by atoms with Crippen LogP contribution in [0.4, 0.5) is 0 Å². The molecule has 0 spiro atoms. The standard InChI is InChI=1S/C11H24N2O2/c1-15-8-10(7-14)13-11-5-3-2-4-9(11)6-12/h9-11,13-14H,2-8,12H2,1H3. The van der Waals surface area contributed by atoms with E-state index in [0.717, 1.165) is 6.54 Å². The summed E-state index contributed by atoms with van der Waals surface area (Å²) >= 11 is 0. The largest absolute Gasteiger partial charge is 0.395 e. The van der Waals surface area contributed by atoms with Crippen LogP contribution in [-0.2, 0) is 4.74 Å². The van der Waals surface area contributed by atoms with Crippen LogP contribution in [0.2, 0.25) is 0 Å². The van der Waals surface area contributed by atoms with Crippen molar-refractivity contribution in [2.75, 3.05) is 26.9 Å². The zero-order valence-electron chi connectivity index (χ0n) is 9.61. The maximum atomic E-state index is 9.17. The third-order valence-electron chi connectivity index (χ3n) is 3.25. The molecule has 0 aliphatic heterocycles. The number of rotatable bonds is 6. The average molecular weight is 216 g/mol. The Balaban J connectivity index is 2.38. The van der Waals surface area contributed by atoms with Crippen molar-refractivity contribution in [1.82, 2.24) is 5.32 Å². The van der Waals surface area contributed by atoms with E-state index in [-0.39, 0.29) is 12.6 Å². The first kappa shape index (κ1) is 12.9. The number of hydrogen-bond acceptors (Lipinski definition) is 4. The summed E-state index contributed by atoms with van der Waals surface area (Å²) in [6, 6.07) is 0.503. The van der Waals surface area contributed by atoms with Crippen molar-refractivity contribution < 1.29 is 9.84 Å². The van der Waals surface area contributed by atoms with Crippen LogP contribution in [0.3, 0.4) is 0 Å². The second-order valence-corrected chi connectivity index (χ2v) is 4.39. The minimum absolute atomic E-state index is 0.0483. The minimum atomic E-state index is 0.0483. The lowest BCUT2D eigenvalue weighted by Gasteiger charge is -2.34. The third-order valence-corrected chi connectivity index (χ3v) is 3.25. The van der Waals surface area contributed by atoms with Gasteiger partial charge in [-0.1, -0.05) is 12.8 Å². The maximum Gasteiger partial charge on any atom is 0.0638 e. The van der Waals surface area contributed by atoms with Crippen LogP contribution in [0.25, 0.3) is 0 Å². The molecule has 0 radical (unpaired) electrons. The van der Waals surface area contributed by atoms with Crippen molar-refractivity contribution in [3.8, 4) is 0 Å². The van der Waals surface area contributed by atoms with Gasteiger partial charge in [-0.2, -0.15) is 0 Å². The normalized spacial score (nSPS) is 29.0. The van der Waals surface area contributed by atoms with Gasteiger partial charge < -0.3 is 20.9 Å². The molecule has 90 valence electrons. The van der Waals surface area contributed by atoms with Crippen molar-refractivity contribution >= 4 is 0 Å². The van der Waals surface area contributed by atoms with E-state index in [1.807, 2.05) is 0 Å². The fourth-order valence-electron chi connectivity index (χ4n) is 2.37. The van der Waals surface area contributed by atoms with Gasteiger partial charge in [-0.25, -0.2) is 0 Å². The van der Waals surface area contributed by atoms with E-state index in [9.17, 15) is 5.11 Å². The minimum Gasteiger partial charge on any atom is -0.395 e. The summed E-state index contributed by atoms with van der Waals surface area (Å²) in [6.07, 6.45) is 4.93. The predicted molar refractivity (Wildman–Crippen MR) is 60.7 cm³/mol. The van der Waals surface area contributed by atoms with Gasteiger partial charge in [-0.05, 0) is 25.3 Å². The Labute approximate surface area is 92.2 Å². The van der Waals surface area contributed by atoms with Gasteiger partial charge in [0.2, 0.25) is 0 Å². The fourth-order valence-corrected chi connectivity index (χ4v) is 2.37. The lowest BCUT2D eigenvalue weighted by molar-refractivity contribution is 0.109. The van der Waals surface area contributed by atoms with Gasteiger partial charge in [-0.15, -0.1) is 0 Å². The number of methoxy groups -OCH3 is 1. The van der Waals surface area contributed by atoms with Gasteiger partial charge >= 0.3 is 0 Å². The number of ether oxygens (including phenoxy) is 1. The SMILES string of the molecule is COCC(CO)NC1CCCCC1CN. The Morgan fingerprint density at radius 2 is 2.20 bits per heavy atom. The van der Waals surface area contributed by atoms with E-state index in [1.54, 1.807) is 7.11 Å². The van der Waals surface area contributed by atoms with Crippen molar-refractivity contribution in [3.05, 3.63) is 0 Å². The predicted octanol–water partition coefficient (Wildman–Crippen LogP) is 0.101. The summed E-state index contributed by atoms with van der Waals surface area (Å²) in [7, 11) is 1.66. The van der Waals surface area contributed by atoms with E-state index in [2.05, 4.69) is 5.32 Å². The fraction of sp³-hybridized carbons (Fsp3) is 1.00. The van der Waals surface area contributed by atoms with Crippen LogP contribution < -0.4 is 11.1 Å². The molecule has 0 heterocycles.